The number of nitrogens with zero attached hydrogens (tertiary/aromatic N) is 5. The smallest absolute Gasteiger partial charge is 0.261 e. The molecule has 1 saturated carbocycles. The number of anilines is 1. The SMILES string of the molecule is COc1ccc(C#N)cc1C(c1[nH]ncc1NC(=O)c1cnn2cccnc12)C1(O)CCCCC1. The Kier molecular flexibility index (Phi) is 5.93. The fourth-order valence-corrected chi connectivity index (χ4v) is 4.99. The lowest BCUT2D eigenvalue weighted by atomic mass is 9.70. The Morgan fingerprint density at radius 3 is 2.91 bits per heavy atom. The Balaban J connectivity index is 1.58. The summed E-state index contributed by atoms with van der Waals surface area (Å²) in [6, 6.07) is 9.04. The number of ether oxygens (including phenoxy) is 1. The number of fused-ring (bicyclic) bond motifs is 1. The normalized spacial score (nSPS) is 15.9. The number of aromatic amines is 1. The molecule has 4 aromatic rings. The molecular weight excluding hydrogens is 446 g/mol. The zero-order valence-corrected chi connectivity index (χ0v) is 19.2. The molecule has 0 spiro atoms. The van der Waals surface area contributed by atoms with Crippen molar-refractivity contribution < 1.29 is 14.6 Å². The molecule has 3 N–H and O–H groups in total. The van der Waals surface area contributed by atoms with Gasteiger partial charge in [0.1, 0.15) is 11.3 Å². The average molecular weight is 472 g/mol. The van der Waals surface area contributed by atoms with E-state index in [-0.39, 0.29) is 0 Å². The number of benzene rings is 1. The number of hydrogen-bond donors (Lipinski definition) is 3. The standard InChI is InChI=1S/C25H25N7O3/c1-35-20-7-6-16(13-26)12-17(20)21(25(34)8-3-2-4-9-25)22-19(15-28-31-22)30-24(33)18-14-29-32-11-5-10-27-23(18)32/h5-7,10-12,14-15,21,34H,2-4,8-9H2,1H3,(H,28,31)(H,30,33). The predicted molar refractivity (Wildman–Crippen MR) is 127 cm³/mol. The van der Waals surface area contributed by atoms with Crippen molar-refractivity contribution >= 4 is 17.2 Å². The molecule has 1 aliphatic rings. The second-order valence-electron chi connectivity index (χ2n) is 8.76. The molecule has 1 fully saturated rings. The van der Waals surface area contributed by atoms with Crippen molar-refractivity contribution in [1.82, 2.24) is 24.8 Å². The summed E-state index contributed by atoms with van der Waals surface area (Å²) < 4.78 is 7.15. The van der Waals surface area contributed by atoms with Gasteiger partial charge in [-0.05, 0) is 37.1 Å². The molecule has 1 aliphatic carbocycles. The third kappa shape index (κ3) is 4.11. The van der Waals surface area contributed by atoms with Gasteiger partial charge in [-0.1, -0.05) is 19.3 Å². The third-order valence-electron chi connectivity index (χ3n) is 6.66. The van der Waals surface area contributed by atoms with Crippen LogP contribution in [-0.2, 0) is 0 Å². The van der Waals surface area contributed by atoms with Crippen LogP contribution in [0, 0.1) is 11.3 Å². The molecular formula is C25H25N7O3. The summed E-state index contributed by atoms with van der Waals surface area (Å²) in [6.07, 6.45) is 10.2. The first-order chi connectivity index (χ1) is 17.0. The monoisotopic (exact) mass is 471 g/mol. The summed E-state index contributed by atoms with van der Waals surface area (Å²) in [5.74, 6) is -0.453. The molecule has 178 valence electrons. The van der Waals surface area contributed by atoms with Gasteiger partial charge in [-0.2, -0.15) is 15.5 Å². The van der Waals surface area contributed by atoms with Crippen LogP contribution >= 0.6 is 0 Å². The molecule has 1 unspecified atom stereocenters. The van der Waals surface area contributed by atoms with E-state index in [1.165, 1.54) is 16.9 Å². The highest BCUT2D eigenvalue weighted by Gasteiger charge is 2.43. The molecule has 3 aromatic heterocycles. The Labute approximate surface area is 201 Å². The summed E-state index contributed by atoms with van der Waals surface area (Å²) in [4.78, 5) is 17.5. The van der Waals surface area contributed by atoms with Crippen molar-refractivity contribution in [3.63, 3.8) is 0 Å². The predicted octanol–water partition coefficient (Wildman–Crippen LogP) is 3.41. The minimum absolute atomic E-state index is 0.315. The zero-order valence-electron chi connectivity index (χ0n) is 19.2. The third-order valence-corrected chi connectivity index (χ3v) is 6.66. The van der Waals surface area contributed by atoms with Crippen LogP contribution in [0.1, 0.15) is 65.2 Å². The van der Waals surface area contributed by atoms with Crippen LogP contribution in [0.2, 0.25) is 0 Å². The molecule has 0 aliphatic heterocycles. The minimum atomic E-state index is -1.11. The van der Waals surface area contributed by atoms with Crippen LogP contribution in [0.3, 0.4) is 0 Å². The molecule has 3 heterocycles. The van der Waals surface area contributed by atoms with Crippen molar-refractivity contribution in [2.45, 2.75) is 43.6 Å². The Morgan fingerprint density at radius 1 is 1.31 bits per heavy atom. The number of H-pyrrole nitrogens is 1. The average Bonchev–Trinajstić information content (AvgIpc) is 3.51. The van der Waals surface area contributed by atoms with Crippen molar-refractivity contribution in [3.05, 3.63) is 71.4 Å². The maximum Gasteiger partial charge on any atom is 0.261 e. The second-order valence-corrected chi connectivity index (χ2v) is 8.76. The Bertz CT molecular complexity index is 1410. The highest BCUT2D eigenvalue weighted by molar-refractivity contribution is 6.08. The molecule has 1 aromatic carbocycles. The number of aliphatic hydroxyl groups is 1. The molecule has 1 amide bonds. The van der Waals surface area contributed by atoms with Crippen molar-refractivity contribution in [2.75, 3.05) is 12.4 Å². The first-order valence-corrected chi connectivity index (χ1v) is 11.5. The van der Waals surface area contributed by atoms with Gasteiger partial charge < -0.3 is 15.2 Å². The largest absolute Gasteiger partial charge is 0.496 e. The highest BCUT2D eigenvalue weighted by Crippen LogP contribution is 2.47. The lowest BCUT2D eigenvalue weighted by Crippen LogP contribution is -2.39. The first kappa shape index (κ1) is 22.6. The van der Waals surface area contributed by atoms with Gasteiger partial charge in [0.2, 0.25) is 0 Å². The highest BCUT2D eigenvalue weighted by atomic mass is 16.5. The fraction of sp³-hybridized carbons (Fsp3) is 0.320. The van der Waals surface area contributed by atoms with Crippen LogP contribution in [0.25, 0.3) is 5.65 Å². The molecule has 0 bridgehead atoms. The molecule has 0 saturated heterocycles. The van der Waals surface area contributed by atoms with E-state index in [0.717, 1.165) is 19.3 Å². The van der Waals surface area contributed by atoms with Gasteiger partial charge in [-0.25, -0.2) is 9.50 Å². The maximum absolute atomic E-state index is 13.2. The van der Waals surface area contributed by atoms with E-state index in [4.69, 9.17) is 4.74 Å². The van der Waals surface area contributed by atoms with E-state index in [1.807, 2.05) is 0 Å². The summed E-state index contributed by atoms with van der Waals surface area (Å²) in [5.41, 5.74) is 1.72. The number of amides is 1. The molecule has 35 heavy (non-hydrogen) atoms. The number of aromatic nitrogens is 5. The topological polar surface area (TPSA) is 141 Å². The zero-order chi connectivity index (χ0) is 24.4. The summed E-state index contributed by atoms with van der Waals surface area (Å²) in [6.45, 7) is 0. The summed E-state index contributed by atoms with van der Waals surface area (Å²) >= 11 is 0. The number of carbonyl (C=O) groups excluding carboxylic acids is 1. The molecule has 10 heteroatoms. The summed E-state index contributed by atoms with van der Waals surface area (Å²) in [7, 11) is 1.56. The van der Waals surface area contributed by atoms with Gasteiger partial charge in [0.25, 0.3) is 5.91 Å². The van der Waals surface area contributed by atoms with Crippen molar-refractivity contribution in [1.29, 1.82) is 5.26 Å². The van der Waals surface area contributed by atoms with Crippen LogP contribution < -0.4 is 10.1 Å². The van der Waals surface area contributed by atoms with Crippen LogP contribution in [0.5, 0.6) is 5.75 Å². The minimum Gasteiger partial charge on any atom is -0.496 e. The summed E-state index contributed by atoms with van der Waals surface area (Å²) in [5, 5.41) is 35.7. The molecule has 0 radical (unpaired) electrons. The lowest BCUT2D eigenvalue weighted by Gasteiger charge is -2.40. The van der Waals surface area contributed by atoms with E-state index in [9.17, 15) is 15.2 Å². The van der Waals surface area contributed by atoms with Gasteiger partial charge in [-0.15, -0.1) is 0 Å². The van der Waals surface area contributed by atoms with Gasteiger partial charge in [0.15, 0.2) is 5.65 Å². The number of hydrogen-bond acceptors (Lipinski definition) is 7. The van der Waals surface area contributed by atoms with E-state index in [1.54, 1.807) is 43.8 Å². The quantitative estimate of drug-likeness (QED) is 0.391. The van der Waals surface area contributed by atoms with Crippen molar-refractivity contribution in [2.24, 2.45) is 0 Å². The Morgan fingerprint density at radius 2 is 2.14 bits per heavy atom. The molecule has 10 nitrogen and oxygen atoms in total. The lowest BCUT2D eigenvalue weighted by molar-refractivity contribution is -0.0124. The number of nitrogens with one attached hydrogen (secondary N) is 2. The van der Waals surface area contributed by atoms with Crippen LogP contribution in [0.4, 0.5) is 5.69 Å². The first-order valence-electron chi connectivity index (χ1n) is 11.5. The van der Waals surface area contributed by atoms with E-state index in [0.29, 0.717) is 52.3 Å². The molecule has 1 atom stereocenters. The number of methoxy groups -OCH3 is 1. The van der Waals surface area contributed by atoms with Gasteiger partial charge in [-0.3, -0.25) is 9.89 Å². The second kappa shape index (κ2) is 9.19. The number of nitriles is 1. The van der Waals surface area contributed by atoms with Gasteiger partial charge in [0, 0.05) is 18.0 Å². The van der Waals surface area contributed by atoms with E-state index < -0.39 is 17.4 Å². The number of carbonyl (C=O) groups is 1. The van der Waals surface area contributed by atoms with Crippen LogP contribution in [0.15, 0.2) is 49.1 Å². The Hall–Kier alpha value is -4.23. The number of rotatable bonds is 6. The maximum atomic E-state index is 13.2. The van der Waals surface area contributed by atoms with Gasteiger partial charge in [0.05, 0.1) is 54.0 Å². The molecule has 5 rings (SSSR count). The van der Waals surface area contributed by atoms with Crippen LogP contribution in [-0.4, -0.2) is 48.5 Å². The van der Waals surface area contributed by atoms with Gasteiger partial charge >= 0.3 is 0 Å². The van der Waals surface area contributed by atoms with E-state index >= 15 is 0 Å². The fourth-order valence-electron chi connectivity index (χ4n) is 4.99. The van der Waals surface area contributed by atoms with Crippen molar-refractivity contribution in [3.8, 4) is 11.8 Å². The van der Waals surface area contributed by atoms with E-state index in [2.05, 4.69) is 31.7 Å².